The Bertz CT molecular complexity index is 1160. The molecule has 1 unspecified atom stereocenters. The van der Waals surface area contributed by atoms with Crippen LogP contribution in [0.15, 0.2) is 70.9 Å². The van der Waals surface area contributed by atoms with Crippen LogP contribution in [-0.4, -0.2) is 36.0 Å². The predicted octanol–water partition coefficient (Wildman–Crippen LogP) is 4.74. The van der Waals surface area contributed by atoms with E-state index in [9.17, 15) is 0 Å². The van der Waals surface area contributed by atoms with Crippen LogP contribution in [0.4, 0.5) is 0 Å². The van der Waals surface area contributed by atoms with Crippen LogP contribution in [-0.2, 0) is 0 Å². The second-order valence-electron chi connectivity index (χ2n) is 6.40. The van der Waals surface area contributed by atoms with Gasteiger partial charge in [-0.25, -0.2) is 0 Å². The Morgan fingerprint density at radius 1 is 1.00 bits per heavy atom. The van der Waals surface area contributed by atoms with Gasteiger partial charge in [0.05, 0.1) is 16.7 Å². The Morgan fingerprint density at radius 2 is 1.79 bits per heavy atom. The van der Waals surface area contributed by atoms with Crippen LogP contribution in [0.1, 0.15) is 12.5 Å². The van der Waals surface area contributed by atoms with Crippen LogP contribution in [0.25, 0.3) is 22.8 Å². The number of rotatable bonds is 3. The highest BCUT2D eigenvalue weighted by Crippen LogP contribution is 2.33. The highest BCUT2D eigenvalue weighted by molar-refractivity contribution is 8.00. The minimum absolute atomic E-state index is 0.193. The summed E-state index contributed by atoms with van der Waals surface area (Å²) in [6.45, 7) is 2.13. The number of fused-ring (bicyclic) bond motifs is 1. The molecule has 28 heavy (non-hydrogen) atoms. The summed E-state index contributed by atoms with van der Waals surface area (Å²) in [4.78, 5) is 0. The van der Waals surface area contributed by atoms with Crippen molar-refractivity contribution < 1.29 is 0 Å². The summed E-state index contributed by atoms with van der Waals surface area (Å²) in [5.74, 6) is 0.635. The van der Waals surface area contributed by atoms with Crippen LogP contribution in [0.5, 0.6) is 0 Å². The Balaban J connectivity index is 1.55. The average molecular weight is 407 g/mol. The van der Waals surface area contributed by atoms with E-state index >= 15 is 0 Å². The van der Waals surface area contributed by atoms with E-state index in [0.29, 0.717) is 10.8 Å². The summed E-state index contributed by atoms with van der Waals surface area (Å²) < 4.78 is 1.78. The molecule has 0 amide bonds. The molecule has 0 fully saturated rings. The topological polar surface area (TPSA) is 71.8 Å². The third kappa shape index (κ3) is 3.02. The van der Waals surface area contributed by atoms with Gasteiger partial charge in [-0.1, -0.05) is 65.8 Å². The first-order valence-corrected chi connectivity index (χ1v) is 10.0. The minimum atomic E-state index is 0.193. The molecule has 3 heterocycles. The maximum atomic E-state index is 5.97. The number of hydrogen-bond acceptors (Lipinski definition) is 5. The van der Waals surface area contributed by atoms with Gasteiger partial charge in [-0.15, -0.1) is 10.2 Å². The SMILES string of the molecule is CC1Sc2nnc(-c3cc(-c4ccc(Cl)cc4)n[nH]3)n2N=C1c1ccccc1. The molecule has 1 aliphatic heterocycles. The normalized spacial score (nSPS) is 15.9. The maximum absolute atomic E-state index is 5.97. The number of hydrogen-bond donors (Lipinski definition) is 1. The number of benzene rings is 2. The molecule has 6 nitrogen and oxygen atoms in total. The Morgan fingerprint density at radius 3 is 2.57 bits per heavy atom. The molecule has 0 spiro atoms. The molecule has 1 aliphatic rings. The number of thioether (sulfide) groups is 1. The van der Waals surface area contributed by atoms with E-state index in [4.69, 9.17) is 16.7 Å². The number of halogens is 1. The minimum Gasteiger partial charge on any atom is -0.274 e. The van der Waals surface area contributed by atoms with Crippen LogP contribution in [0.3, 0.4) is 0 Å². The Kier molecular flexibility index (Phi) is 4.26. The molecule has 2 aromatic carbocycles. The van der Waals surface area contributed by atoms with Crippen molar-refractivity contribution in [2.75, 3.05) is 0 Å². The summed E-state index contributed by atoms with van der Waals surface area (Å²) in [6, 6.07) is 19.7. The van der Waals surface area contributed by atoms with Gasteiger partial charge < -0.3 is 0 Å². The molecule has 0 saturated heterocycles. The molecular weight excluding hydrogens is 392 g/mol. The number of nitrogens with zero attached hydrogens (tertiary/aromatic N) is 5. The predicted molar refractivity (Wildman–Crippen MR) is 112 cm³/mol. The first kappa shape index (κ1) is 17.2. The molecule has 0 saturated carbocycles. The van der Waals surface area contributed by atoms with Crippen molar-refractivity contribution >= 4 is 29.1 Å². The van der Waals surface area contributed by atoms with Crippen molar-refractivity contribution in [3.05, 3.63) is 71.2 Å². The summed E-state index contributed by atoms with van der Waals surface area (Å²) in [5.41, 5.74) is 4.64. The maximum Gasteiger partial charge on any atom is 0.213 e. The fourth-order valence-electron chi connectivity index (χ4n) is 3.11. The Labute approximate surface area is 170 Å². The lowest BCUT2D eigenvalue weighted by Crippen LogP contribution is -2.21. The van der Waals surface area contributed by atoms with Crippen molar-refractivity contribution in [3.8, 4) is 22.8 Å². The monoisotopic (exact) mass is 406 g/mol. The highest BCUT2D eigenvalue weighted by atomic mass is 35.5. The summed E-state index contributed by atoms with van der Waals surface area (Å²) >= 11 is 7.62. The molecule has 1 N–H and O–H groups in total. The molecule has 2 aromatic heterocycles. The van der Waals surface area contributed by atoms with Gasteiger partial charge in [0, 0.05) is 10.6 Å². The molecule has 0 bridgehead atoms. The number of nitrogens with one attached hydrogen (secondary N) is 1. The highest BCUT2D eigenvalue weighted by Gasteiger charge is 2.26. The molecule has 8 heteroatoms. The van der Waals surface area contributed by atoms with Crippen molar-refractivity contribution in [2.45, 2.75) is 17.3 Å². The molecular formula is C20H15ClN6S. The molecule has 138 valence electrons. The van der Waals surface area contributed by atoms with Crippen LogP contribution >= 0.6 is 23.4 Å². The van der Waals surface area contributed by atoms with E-state index in [0.717, 1.165) is 33.4 Å². The Hall–Kier alpha value is -2.90. The van der Waals surface area contributed by atoms with Gasteiger partial charge in [-0.3, -0.25) is 5.10 Å². The third-order valence-electron chi connectivity index (χ3n) is 4.52. The zero-order valence-electron chi connectivity index (χ0n) is 14.9. The van der Waals surface area contributed by atoms with Crippen LogP contribution in [0.2, 0.25) is 5.02 Å². The van der Waals surface area contributed by atoms with Crippen molar-refractivity contribution in [1.82, 2.24) is 25.1 Å². The van der Waals surface area contributed by atoms with Crippen molar-refractivity contribution in [3.63, 3.8) is 0 Å². The van der Waals surface area contributed by atoms with Crippen molar-refractivity contribution in [1.29, 1.82) is 0 Å². The third-order valence-corrected chi connectivity index (χ3v) is 5.81. The van der Waals surface area contributed by atoms with Gasteiger partial charge in [0.2, 0.25) is 11.0 Å². The summed E-state index contributed by atoms with van der Waals surface area (Å²) in [5, 5.41) is 22.6. The zero-order valence-corrected chi connectivity index (χ0v) is 16.4. The molecule has 0 radical (unpaired) electrons. The molecule has 4 aromatic rings. The van der Waals surface area contributed by atoms with E-state index in [1.807, 2.05) is 48.5 Å². The average Bonchev–Trinajstić information content (AvgIpc) is 3.35. The van der Waals surface area contributed by atoms with Gasteiger partial charge in [0.1, 0.15) is 5.69 Å². The molecule has 5 rings (SSSR count). The summed E-state index contributed by atoms with van der Waals surface area (Å²) in [7, 11) is 0. The first-order chi connectivity index (χ1) is 13.7. The van der Waals surface area contributed by atoms with Crippen molar-refractivity contribution in [2.24, 2.45) is 5.10 Å². The molecule has 0 aliphatic carbocycles. The second-order valence-corrected chi connectivity index (χ2v) is 8.15. The van der Waals surface area contributed by atoms with E-state index in [2.05, 4.69) is 39.5 Å². The fourth-order valence-corrected chi connectivity index (χ4v) is 4.16. The zero-order chi connectivity index (χ0) is 19.1. The van der Waals surface area contributed by atoms with Gasteiger partial charge in [-0.05, 0) is 30.7 Å². The fraction of sp³-hybridized carbons (Fsp3) is 0.100. The van der Waals surface area contributed by atoms with Gasteiger partial charge in [0.15, 0.2) is 0 Å². The van der Waals surface area contributed by atoms with Gasteiger partial charge >= 0.3 is 0 Å². The van der Waals surface area contributed by atoms with Crippen LogP contribution in [0, 0.1) is 0 Å². The van der Waals surface area contributed by atoms with E-state index in [1.165, 1.54) is 0 Å². The smallest absolute Gasteiger partial charge is 0.213 e. The van der Waals surface area contributed by atoms with Crippen LogP contribution < -0.4 is 0 Å². The lowest BCUT2D eigenvalue weighted by atomic mass is 10.1. The van der Waals surface area contributed by atoms with E-state index < -0.39 is 0 Å². The van der Waals surface area contributed by atoms with Gasteiger partial charge in [0.25, 0.3) is 0 Å². The quantitative estimate of drug-likeness (QED) is 0.533. The second kappa shape index (κ2) is 6.92. The largest absolute Gasteiger partial charge is 0.274 e. The molecule has 1 atom stereocenters. The van der Waals surface area contributed by atoms with E-state index in [1.54, 1.807) is 16.4 Å². The number of aromatic nitrogens is 5. The summed E-state index contributed by atoms with van der Waals surface area (Å²) in [6.07, 6.45) is 0. The lowest BCUT2D eigenvalue weighted by Gasteiger charge is -2.19. The lowest BCUT2D eigenvalue weighted by molar-refractivity contribution is 0.752. The van der Waals surface area contributed by atoms with Gasteiger partial charge in [-0.2, -0.15) is 14.9 Å². The number of H-pyrrole nitrogens is 1. The number of aromatic amines is 1. The first-order valence-electron chi connectivity index (χ1n) is 8.77. The standard InChI is InChI=1S/C20H15ClN6S/c1-12-18(14-5-3-2-4-6-14)26-27-19(24-25-20(27)28-12)17-11-16(22-23-17)13-7-9-15(21)10-8-13/h2-12H,1H3,(H,22,23). The van der Waals surface area contributed by atoms with E-state index in [-0.39, 0.29) is 5.25 Å².